The lowest BCUT2D eigenvalue weighted by molar-refractivity contribution is -0.132. The summed E-state index contributed by atoms with van der Waals surface area (Å²) in [6, 6.07) is 21.6. The summed E-state index contributed by atoms with van der Waals surface area (Å²) in [5.74, 6) is -0.589. The highest BCUT2D eigenvalue weighted by Gasteiger charge is 2.33. The zero-order chi connectivity index (χ0) is 29.1. The first-order chi connectivity index (χ1) is 19.7. The molecule has 1 saturated heterocycles. The quantitative estimate of drug-likeness (QED) is 0.320. The highest BCUT2D eigenvalue weighted by Crippen LogP contribution is 2.38. The first kappa shape index (κ1) is 29.8. The maximum atomic E-state index is 13.5. The third kappa shape index (κ3) is 6.53. The fourth-order valence-corrected chi connectivity index (χ4v) is 8.05. The molecule has 0 aliphatic carbocycles. The highest BCUT2D eigenvalue weighted by molar-refractivity contribution is 9.10. The Balaban J connectivity index is 1.26. The van der Waals surface area contributed by atoms with Crippen LogP contribution in [0.1, 0.15) is 42.5 Å². The third-order valence-corrected chi connectivity index (χ3v) is 10.3. The smallest absolute Gasteiger partial charge is 0.226 e. The normalized spacial score (nSPS) is 16.5. The number of hydrogen-bond donors (Lipinski definition) is 0. The number of sulfone groups is 1. The van der Waals surface area contributed by atoms with Gasteiger partial charge in [-0.3, -0.25) is 14.5 Å². The summed E-state index contributed by atoms with van der Waals surface area (Å²) >= 11 is 9.57. The number of amides is 2. The van der Waals surface area contributed by atoms with Crippen LogP contribution in [0.15, 0.2) is 76.1 Å². The van der Waals surface area contributed by atoms with Crippen LogP contribution in [-0.2, 0) is 25.8 Å². The van der Waals surface area contributed by atoms with E-state index in [-0.39, 0.29) is 34.9 Å². The number of hydrogen-bond acceptors (Lipinski definition) is 5. The lowest BCUT2D eigenvalue weighted by Gasteiger charge is -2.40. The summed E-state index contributed by atoms with van der Waals surface area (Å²) in [5.41, 5.74) is 3.59. The summed E-state index contributed by atoms with van der Waals surface area (Å²) in [5, 5.41) is 0.684. The van der Waals surface area contributed by atoms with E-state index < -0.39 is 9.84 Å². The molecular formula is C31H33BrClN3O4S. The van der Waals surface area contributed by atoms with E-state index in [0.717, 1.165) is 16.7 Å². The molecule has 5 rings (SSSR count). The topological polar surface area (TPSA) is 78.0 Å². The number of benzene rings is 3. The third-order valence-electron chi connectivity index (χ3n) is 7.85. The fourth-order valence-electron chi connectivity index (χ4n) is 5.76. The van der Waals surface area contributed by atoms with Crippen molar-refractivity contribution in [3.63, 3.8) is 0 Å². The minimum absolute atomic E-state index is 0.0264. The second-order valence-electron chi connectivity index (χ2n) is 10.4. The van der Waals surface area contributed by atoms with Crippen LogP contribution in [-0.4, -0.2) is 68.5 Å². The molecule has 2 amide bonds. The van der Waals surface area contributed by atoms with E-state index in [9.17, 15) is 18.0 Å². The van der Waals surface area contributed by atoms with Crippen molar-refractivity contribution in [2.24, 2.45) is 0 Å². The zero-order valence-corrected chi connectivity index (χ0v) is 26.1. The molecule has 0 bridgehead atoms. The molecule has 1 fully saturated rings. The summed E-state index contributed by atoms with van der Waals surface area (Å²) in [6.07, 6.45) is 0.791. The molecule has 41 heavy (non-hydrogen) atoms. The Labute approximate surface area is 255 Å². The first-order valence-electron chi connectivity index (χ1n) is 13.9. The van der Waals surface area contributed by atoms with Gasteiger partial charge < -0.3 is 9.80 Å². The van der Waals surface area contributed by atoms with Crippen molar-refractivity contribution in [1.29, 1.82) is 0 Å². The molecule has 2 aliphatic heterocycles. The summed E-state index contributed by atoms with van der Waals surface area (Å²) in [7, 11) is -3.81. The van der Waals surface area contributed by atoms with Crippen molar-refractivity contribution in [2.45, 2.75) is 37.1 Å². The SMILES string of the molecule is CCC(=O)N1CCc2cc(Br)cc(S(=O)(=O)CCC(=O)N3CCN([C@@H](c4ccccc4)c4ccc(Cl)cc4)CC3)c21. The van der Waals surface area contributed by atoms with Crippen LogP contribution in [0.3, 0.4) is 0 Å². The molecule has 0 spiro atoms. The van der Waals surface area contributed by atoms with Gasteiger partial charge in [0.25, 0.3) is 0 Å². The molecule has 0 radical (unpaired) electrons. The van der Waals surface area contributed by atoms with Gasteiger partial charge in [-0.2, -0.15) is 0 Å². The van der Waals surface area contributed by atoms with E-state index in [1.54, 1.807) is 22.8 Å². The Kier molecular flexibility index (Phi) is 9.18. The van der Waals surface area contributed by atoms with Crippen LogP contribution in [0.2, 0.25) is 5.02 Å². The van der Waals surface area contributed by atoms with Gasteiger partial charge >= 0.3 is 0 Å². The van der Waals surface area contributed by atoms with Gasteiger partial charge in [0.2, 0.25) is 11.8 Å². The molecule has 2 heterocycles. The average molecular weight is 659 g/mol. The number of anilines is 1. The molecule has 10 heteroatoms. The van der Waals surface area contributed by atoms with E-state index in [0.29, 0.717) is 60.7 Å². The molecule has 0 unspecified atom stereocenters. The van der Waals surface area contributed by atoms with Crippen molar-refractivity contribution in [3.8, 4) is 0 Å². The molecule has 3 aromatic carbocycles. The van der Waals surface area contributed by atoms with E-state index in [4.69, 9.17) is 11.6 Å². The van der Waals surface area contributed by atoms with Crippen LogP contribution in [0.5, 0.6) is 0 Å². The van der Waals surface area contributed by atoms with Crippen molar-refractivity contribution in [1.82, 2.24) is 9.80 Å². The lowest BCUT2D eigenvalue weighted by Crippen LogP contribution is -2.50. The van der Waals surface area contributed by atoms with Gasteiger partial charge in [-0.1, -0.05) is 76.9 Å². The number of rotatable bonds is 8. The predicted octanol–water partition coefficient (Wildman–Crippen LogP) is 5.50. The maximum absolute atomic E-state index is 13.5. The zero-order valence-electron chi connectivity index (χ0n) is 22.9. The predicted molar refractivity (Wildman–Crippen MR) is 165 cm³/mol. The van der Waals surface area contributed by atoms with Crippen LogP contribution >= 0.6 is 27.5 Å². The Morgan fingerprint density at radius 1 is 0.902 bits per heavy atom. The standard InChI is InChI=1S/C31H33BrClN3O4S/c1-2-28(37)36-14-12-24-20-25(32)21-27(31(24)36)41(39,40)19-13-29(38)34-15-17-35(18-16-34)30(22-6-4-3-5-7-22)23-8-10-26(33)11-9-23/h3-11,20-21,30H,2,12-19H2,1H3/t30-/m0/s1. The number of fused-ring (bicyclic) bond motifs is 1. The van der Waals surface area contributed by atoms with Gasteiger partial charge in [-0.25, -0.2) is 8.42 Å². The summed E-state index contributed by atoms with van der Waals surface area (Å²) in [6.45, 7) is 4.58. The number of piperazine rings is 1. The van der Waals surface area contributed by atoms with E-state index >= 15 is 0 Å². The van der Waals surface area contributed by atoms with Crippen molar-refractivity contribution >= 4 is 54.9 Å². The molecule has 3 aromatic rings. The molecule has 216 valence electrons. The van der Waals surface area contributed by atoms with Gasteiger partial charge in [0.05, 0.1) is 22.4 Å². The Hall–Kier alpha value is -2.72. The molecule has 7 nitrogen and oxygen atoms in total. The lowest BCUT2D eigenvalue weighted by atomic mass is 9.96. The Bertz CT molecular complexity index is 1520. The van der Waals surface area contributed by atoms with Crippen LogP contribution < -0.4 is 4.90 Å². The maximum Gasteiger partial charge on any atom is 0.226 e. The molecule has 1 atom stereocenters. The largest absolute Gasteiger partial charge is 0.340 e. The van der Waals surface area contributed by atoms with Crippen molar-refractivity contribution < 1.29 is 18.0 Å². The van der Waals surface area contributed by atoms with Crippen LogP contribution in [0, 0.1) is 0 Å². The average Bonchev–Trinajstić information content (AvgIpc) is 3.41. The number of halogens is 2. The monoisotopic (exact) mass is 657 g/mol. The van der Waals surface area contributed by atoms with E-state index in [1.165, 1.54) is 0 Å². The molecular weight excluding hydrogens is 626 g/mol. The highest BCUT2D eigenvalue weighted by atomic mass is 79.9. The van der Waals surface area contributed by atoms with Gasteiger partial charge in [0.1, 0.15) is 0 Å². The number of carbonyl (C=O) groups excluding carboxylic acids is 2. The molecule has 0 N–H and O–H groups in total. The second kappa shape index (κ2) is 12.7. The Morgan fingerprint density at radius 2 is 1.56 bits per heavy atom. The minimum Gasteiger partial charge on any atom is -0.340 e. The molecule has 2 aliphatic rings. The van der Waals surface area contributed by atoms with Gasteiger partial charge in [0.15, 0.2) is 9.84 Å². The summed E-state index contributed by atoms with van der Waals surface area (Å²) in [4.78, 5) is 31.5. The van der Waals surface area contributed by atoms with Crippen LogP contribution in [0.4, 0.5) is 5.69 Å². The Morgan fingerprint density at radius 3 is 2.22 bits per heavy atom. The van der Waals surface area contributed by atoms with Crippen molar-refractivity contribution in [3.05, 3.63) is 92.9 Å². The molecule has 0 aromatic heterocycles. The summed E-state index contributed by atoms with van der Waals surface area (Å²) < 4.78 is 27.7. The second-order valence-corrected chi connectivity index (χ2v) is 13.8. The number of carbonyl (C=O) groups is 2. The van der Waals surface area contributed by atoms with Crippen LogP contribution in [0.25, 0.3) is 0 Å². The molecule has 0 saturated carbocycles. The first-order valence-corrected chi connectivity index (χ1v) is 16.7. The minimum atomic E-state index is -3.81. The van der Waals surface area contributed by atoms with Gasteiger partial charge in [0, 0.05) is 55.1 Å². The van der Waals surface area contributed by atoms with Gasteiger partial charge in [-0.15, -0.1) is 0 Å². The van der Waals surface area contributed by atoms with Crippen molar-refractivity contribution in [2.75, 3.05) is 43.4 Å². The van der Waals surface area contributed by atoms with E-state index in [1.807, 2.05) is 48.5 Å². The van der Waals surface area contributed by atoms with Gasteiger partial charge in [-0.05, 0) is 47.4 Å². The fraction of sp³-hybridized carbons (Fsp3) is 0.355. The van der Waals surface area contributed by atoms with E-state index in [2.05, 4.69) is 33.0 Å². The number of nitrogens with zero attached hydrogens (tertiary/aromatic N) is 3.